The van der Waals surface area contributed by atoms with Crippen LogP contribution in [-0.4, -0.2) is 65.0 Å². The van der Waals surface area contributed by atoms with E-state index in [1.165, 1.54) is 0 Å². The summed E-state index contributed by atoms with van der Waals surface area (Å²) in [6, 6.07) is 7.85. The summed E-state index contributed by atoms with van der Waals surface area (Å²) in [5, 5.41) is 9.30. The molecule has 0 unspecified atom stereocenters. The normalized spacial score (nSPS) is 16.5. The number of aryl methyl sites for hydroxylation is 1. The summed E-state index contributed by atoms with van der Waals surface area (Å²) < 4.78 is 13.2. The van der Waals surface area contributed by atoms with E-state index in [-0.39, 0.29) is 0 Å². The standard InChI is InChI=1S/C21H23ClN6O2/c1-27-17-12-15(25-20-19-14(13-24-20)3-2-4-23-19)11-16(22)18(17)21(26-27)30-10-7-28-5-8-29-9-6-28/h2-4,11-12H,5-10,13H2,1H3,(H,24,25). The van der Waals surface area contributed by atoms with Crippen LogP contribution in [0, 0.1) is 0 Å². The molecule has 0 radical (unpaired) electrons. The van der Waals surface area contributed by atoms with Crippen molar-refractivity contribution in [1.82, 2.24) is 19.7 Å². The zero-order valence-corrected chi connectivity index (χ0v) is 17.5. The Bertz CT molecular complexity index is 1110. The highest BCUT2D eigenvalue weighted by atomic mass is 35.5. The van der Waals surface area contributed by atoms with Gasteiger partial charge in [0.15, 0.2) is 5.84 Å². The molecule has 4 heterocycles. The average molecular weight is 427 g/mol. The lowest BCUT2D eigenvalue weighted by Gasteiger charge is -2.26. The summed E-state index contributed by atoms with van der Waals surface area (Å²) in [5.74, 6) is 1.31. The number of aliphatic imine (C=N–C) groups is 1. The van der Waals surface area contributed by atoms with Gasteiger partial charge >= 0.3 is 0 Å². The molecule has 5 rings (SSSR count). The first-order valence-electron chi connectivity index (χ1n) is 10.0. The lowest BCUT2D eigenvalue weighted by atomic mass is 10.2. The fraction of sp³-hybridized carbons (Fsp3) is 0.381. The van der Waals surface area contributed by atoms with Crippen molar-refractivity contribution in [2.24, 2.45) is 12.0 Å². The van der Waals surface area contributed by atoms with E-state index in [0.29, 0.717) is 24.1 Å². The maximum Gasteiger partial charge on any atom is 0.242 e. The van der Waals surface area contributed by atoms with Crippen molar-refractivity contribution in [3.63, 3.8) is 0 Å². The first-order chi connectivity index (χ1) is 14.7. The highest BCUT2D eigenvalue weighted by Crippen LogP contribution is 2.34. The molecule has 3 aromatic rings. The predicted molar refractivity (Wildman–Crippen MR) is 117 cm³/mol. The molecule has 2 aliphatic rings. The van der Waals surface area contributed by atoms with Crippen molar-refractivity contribution in [1.29, 1.82) is 0 Å². The molecule has 0 aliphatic carbocycles. The first-order valence-corrected chi connectivity index (χ1v) is 10.4. The fourth-order valence-corrected chi connectivity index (χ4v) is 4.12. The summed E-state index contributed by atoms with van der Waals surface area (Å²) in [4.78, 5) is 11.3. The zero-order valence-electron chi connectivity index (χ0n) is 16.8. The molecule has 8 nitrogen and oxygen atoms in total. The minimum absolute atomic E-state index is 0.557. The SMILES string of the molecule is Cn1nc(OCCN2CCOCC2)c2c(Cl)cc(NC3=NCc4cccnc43)cc21. The third-order valence-corrected chi connectivity index (χ3v) is 5.71. The topological polar surface area (TPSA) is 76.8 Å². The van der Waals surface area contributed by atoms with E-state index < -0.39 is 0 Å². The van der Waals surface area contributed by atoms with Crippen LogP contribution in [0.2, 0.25) is 5.02 Å². The predicted octanol–water partition coefficient (Wildman–Crippen LogP) is 2.71. The highest BCUT2D eigenvalue weighted by molar-refractivity contribution is 6.36. The van der Waals surface area contributed by atoms with Gasteiger partial charge in [0.25, 0.3) is 0 Å². The molecular formula is C21H23ClN6O2. The molecule has 0 spiro atoms. The fourth-order valence-electron chi connectivity index (χ4n) is 3.82. The Kier molecular flexibility index (Phi) is 5.28. The van der Waals surface area contributed by atoms with Gasteiger partial charge in [-0.3, -0.25) is 19.6 Å². The van der Waals surface area contributed by atoms with E-state index in [2.05, 4.69) is 25.3 Å². The Morgan fingerprint density at radius 2 is 2.13 bits per heavy atom. The Hall–Kier alpha value is -2.68. The molecule has 30 heavy (non-hydrogen) atoms. The lowest BCUT2D eigenvalue weighted by molar-refractivity contribution is 0.0320. The molecule has 2 aliphatic heterocycles. The molecule has 2 aromatic heterocycles. The summed E-state index contributed by atoms with van der Waals surface area (Å²) in [7, 11) is 1.89. The Balaban J connectivity index is 1.34. The van der Waals surface area contributed by atoms with E-state index in [1.54, 1.807) is 10.9 Å². The number of halogens is 1. The number of nitrogens with one attached hydrogen (secondary N) is 1. The van der Waals surface area contributed by atoms with Crippen molar-refractivity contribution in [2.75, 3.05) is 44.8 Å². The number of aromatic nitrogens is 3. The van der Waals surface area contributed by atoms with E-state index in [1.807, 2.05) is 31.3 Å². The number of rotatable bonds is 5. The molecule has 156 valence electrons. The quantitative estimate of drug-likeness (QED) is 0.676. The summed E-state index contributed by atoms with van der Waals surface area (Å²) in [6.07, 6.45) is 1.78. The molecule has 1 N–H and O–H groups in total. The van der Waals surface area contributed by atoms with E-state index in [4.69, 9.17) is 21.1 Å². The number of hydrogen-bond acceptors (Lipinski definition) is 7. The van der Waals surface area contributed by atoms with Crippen molar-refractivity contribution in [3.05, 3.63) is 46.7 Å². The summed E-state index contributed by atoms with van der Waals surface area (Å²) >= 11 is 6.64. The maximum atomic E-state index is 6.64. The molecular weight excluding hydrogens is 404 g/mol. The van der Waals surface area contributed by atoms with E-state index >= 15 is 0 Å². The van der Waals surface area contributed by atoms with Crippen molar-refractivity contribution >= 4 is 34.0 Å². The number of nitrogens with zero attached hydrogens (tertiary/aromatic N) is 5. The number of hydrogen-bond donors (Lipinski definition) is 1. The third kappa shape index (κ3) is 3.74. The maximum absolute atomic E-state index is 6.64. The van der Waals surface area contributed by atoms with Gasteiger partial charge in [0.2, 0.25) is 5.88 Å². The van der Waals surface area contributed by atoms with Crippen LogP contribution < -0.4 is 10.1 Å². The van der Waals surface area contributed by atoms with Gasteiger partial charge in [-0.1, -0.05) is 17.7 Å². The van der Waals surface area contributed by atoms with Gasteiger partial charge in [0, 0.05) is 44.1 Å². The number of benzene rings is 1. The Morgan fingerprint density at radius 3 is 3.00 bits per heavy atom. The van der Waals surface area contributed by atoms with Crippen LogP contribution in [0.4, 0.5) is 5.69 Å². The molecule has 1 fully saturated rings. The zero-order chi connectivity index (χ0) is 20.5. The van der Waals surface area contributed by atoms with Gasteiger partial charge < -0.3 is 14.8 Å². The van der Waals surface area contributed by atoms with Gasteiger partial charge in [-0.2, -0.15) is 0 Å². The molecule has 0 amide bonds. The monoisotopic (exact) mass is 426 g/mol. The van der Waals surface area contributed by atoms with Gasteiger partial charge in [-0.15, -0.1) is 5.10 Å². The summed E-state index contributed by atoms with van der Waals surface area (Å²) in [5.41, 5.74) is 3.73. The van der Waals surface area contributed by atoms with Gasteiger partial charge in [-0.25, -0.2) is 0 Å². The van der Waals surface area contributed by atoms with Gasteiger partial charge in [0.05, 0.1) is 35.7 Å². The largest absolute Gasteiger partial charge is 0.475 e. The first kappa shape index (κ1) is 19.3. The molecule has 0 bridgehead atoms. The van der Waals surface area contributed by atoms with Crippen LogP contribution in [0.15, 0.2) is 35.5 Å². The smallest absolute Gasteiger partial charge is 0.242 e. The molecule has 0 atom stereocenters. The Morgan fingerprint density at radius 1 is 1.27 bits per heavy atom. The summed E-state index contributed by atoms with van der Waals surface area (Å²) in [6.45, 7) is 5.45. The van der Waals surface area contributed by atoms with Crippen LogP contribution in [-0.2, 0) is 18.3 Å². The van der Waals surface area contributed by atoms with Crippen LogP contribution in [0.5, 0.6) is 5.88 Å². The van der Waals surface area contributed by atoms with Crippen LogP contribution >= 0.6 is 11.6 Å². The number of amidine groups is 1. The number of ether oxygens (including phenoxy) is 2. The number of pyridine rings is 1. The minimum atomic E-state index is 0.557. The highest BCUT2D eigenvalue weighted by Gasteiger charge is 2.20. The second kappa shape index (κ2) is 8.22. The number of morpholine rings is 1. The van der Waals surface area contributed by atoms with Crippen LogP contribution in [0.3, 0.4) is 0 Å². The van der Waals surface area contributed by atoms with Crippen molar-refractivity contribution in [3.8, 4) is 5.88 Å². The number of anilines is 1. The second-order valence-electron chi connectivity index (χ2n) is 7.38. The third-order valence-electron chi connectivity index (χ3n) is 5.41. The van der Waals surface area contributed by atoms with E-state index in [9.17, 15) is 0 Å². The lowest BCUT2D eigenvalue weighted by Crippen LogP contribution is -2.38. The molecule has 1 saturated heterocycles. The van der Waals surface area contributed by atoms with Gasteiger partial charge in [-0.05, 0) is 18.2 Å². The average Bonchev–Trinajstić information content (AvgIpc) is 3.30. The molecule has 1 aromatic carbocycles. The van der Waals surface area contributed by atoms with Gasteiger partial charge in [0.1, 0.15) is 12.3 Å². The Labute approximate surface area is 179 Å². The minimum Gasteiger partial charge on any atom is -0.475 e. The van der Waals surface area contributed by atoms with Crippen LogP contribution in [0.1, 0.15) is 11.3 Å². The number of fused-ring (bicyclic) bond motifs is 2. The molecule has 9 heteroatoms. The second-order valence-corrected chi connectivity index (χ2v) is 7.79. The van der Waals surface area contributed by atoms with E-state index in [0.717, 1.165) is 66.5 Å². The molecule has 0 saturated carbocycles. The van der Waals surface area contributed by atoms with Crippen molar-refractivity contribution in [2.45, 2.75) is 6.54 Å². The van der Waals surface area contributed by atoms with Crippen molar-refractivity contribution < 1.29 is 9.47 Å². The van der Waals surface area contributed by atoms with Crippen LogP contribution in [0.25, 0.3) is 10.9 Å².